The van der Waals surface area contributed by atoms with Crippen molar-refractivity contribution >= 4 is 41.0 Å². The average molecular weight is 480 g/mol. The number of carbonyl (C=O) groups excluding carboxylic acids is 3. The summed E-state index contributed by atoms with van der Waals surface area (Å²) in [5.74, 6) is -0.563. The van der Waals surface area contributed by atoms with Gasteiger partial charge in [0.25, 0.3) is 5.91 Å². The second kappa shape index (κ2) is 9.60. The molecule has 0 bridgehead atoms. The van der Waals surface area contributed by atoms with Crippen LogP contribution < -0.4 is 5.32 Å². The van der Waals surface area contributed by atoms with E-state index in [4.69, 9.17) is 23.2 Å². The van der Waals surface area contributed by atoms with Gasteiger partial charge in [-0.25, -0.2) is 4.79 Å². The van der Waals surface area contributed by atoms with Gasteiger partial charge in [0, 0.05) is 12.1 Å². The SMILES string of the molecule is C[C@]1(c2ccc(Cl)c(Cl)c2)NC(=O)N(CC(=O)N(C2CCCCC2)C2CCCCC2)C1=O. The molecule has 4 rings (SSSR count). The van der Waals surface area contributed by atoms with Crippen molar-refractivity contribution in [1.82, 2.24) is 15.1 Å². The van der Waals surface area contributed by atoms with Crippen LogP contribution >= 0.6 is 23.2 Å². The van der Waals surface area contributed by atoms with Gasteiger partial charge in [-0.1, -0.05) is 67.8 Å². The third-order valence-electron chi connectivity index (χ3n) is 7.29. The number of urea groups is 1. The Morgan fingerprint density at radius 3 is 2.09 bits per heavy atom. The molecule has 4 amide bonds. The number of imide groups is 1. The van der Waals surface area contributed by atoms with Gasteiger partial charge in [-0.3, -0.25) is 14.5 Å². The predicted octanol–water partition coefficient (Wildman–Crippen LogP) is 5.25. The van der Waals surface area contributed by atoms with E-state index in [9.17, 15) is 14.4 Å². The lowest BCUT2D eigenvalue weighted by atomic mass is 9.88. The molecule has 3 aliphatic rings. The average Bonchev–Trinajstić information content (AvgIpc) is 3.01. The van der Waals surface area contributed by atoms with Gasteiger partial charge in [0.1, 0.15) is 12.1 Å². The molecule has 0 aromatic heterocycles. The first-order valence-electron chi connectivity index (χ1n) is 11.7. The minimum atomic E-state index is -1.29. The second-order valence-corrected chi connectivity index (χ2v) is 10.3. The van der Waals surface area contributed by atoms with Crippen molar-refractivity contribution in [2.75, 3.05) is 6.54 Å². The quantitative estimate of drug-likeness (QED) is 0.585. The smallest absolute Gasteiger partial charge is 0.325 e. The van der Waals surface area contributed by atoms with Crippen molar-refractivity contribution in [1.29, 1.82) is 0 Å². The number of nitrogens with zero attached hydrogens (tertiary/aromatic N) is 2. The lowest BCUT2D eigenvalue weighted by Gasteiger charge is -2.42. The van der Waals surface area contributed by atoms with Gasteiger partial charge in [-0.2, -0.15) is 0 Å². The summed E-state index contributed by atoms with van der Waals surface area (Å²) in [6.07, 6.45) is 10.9. The largest absolute Gasteiger partial charge is 0.335 e. The van der Waals surface area contributed by atoms with Gasteiger partial charge < -0.3 is 10.2 Å². The maximum atomic E-state index is 13.5. The van der Waals surface area contributed by atoms with Crippen LogP contribution in [0.4, 0.5) is 4.79 Å². The molecule has 0 spiro atoms. The molecule has 0 radical (unpaired) electrons. The van der Waals surface area contributed by atoms with Gasteiger partial charge in [-0.15, -0.1) is 0 Å². The lowest BCUT2D eigenvalue weighted by Crippen LogP contribution is -2.53. The number of nitrogens with one attached hydrogen (secondary N) is 1. The highest BCUT2D eigenvalue weighted by Crippen LogP contribution is 2.34. The fourth-order valence-electron chi connectivity index (χ4n) is 5.48. The van der Waals surface area contributed by atoms with E-state index in [1.54, 1.807) is 25.1 Å². The minimum Gasteiger partial charge on any atom is -0.335 e. The first-order chi connectivity index (χ1) is 15.3. The maximum Gasteiger partial charge on any atom is 0.325 e. The number of amides is 4. The molecule has 3 fully saturated rings. The number of rotatable bonds is 5. The first kappa shape index (κ1) is 23.4. The van der Waals surface area contributed by atoms with Crippen LogP contribution in [0.2, 0.25) is 10.0 Å². The molecular formula is C24H31Cl2N3O3. The number of carbonyl (C=O) groups is 3. The Bertz CT molecular complexity index is 878. The molecule has 2 saturated carbocycles. The molecule has 1 aromatic rings. The molecule has 174 valence electrons. The minimum absolute atomic E-state index is 0.120. The van der Waals surface area contributed by atoms with Crippen molar-refractivity contribution in [3.05, 3.63) is 33.8 Å². The zero-order valence-electron chi connectivity index (χ0n) is 18.5. The maximum absolute atomic E-state index is 13.5. The van der Waals surface area contributed by atoms with Crippen LogP contribution in [0.5, 0.6) is 0 Å². The molecule has 1 heterocycles. The number of halogens is 2. The molecule has 0 unspecified atom stereocenters. The van der Waals surface area contributed by atoms with Crippen molar-refractivity contribution in [3.63, 3.8) is 0 Å². The summed E-state index contributed by atoms with van der Waals surface area (Å²) >= 11 is 12.2. The molecule has 1 saturated heterocycles. The zero-order valence-corrected chi connectivity index (χ0v) is 20.1. The van der Waals surface area contributed by atoms with Gasteiger partial charge in [0.05, 0.1) is 10.0 Å². The van der Waals surface area contributed by atoms with E-state index in [-0.39, 0.29) is 24.5 Å². The normalized spacial score (nSPS) is 25.2. The topological polar surface area (TPSA) is 69.7 Å². The molecule has 32 heavy (non-hydrogen) atoms. The molecule has 8 heteroatoms. The summed E-state index contributed by atoms with van der Waals surface area (Å²) in [5.41, 5.74) is -0.747. The van der Waals surface area contributed by atoms with Crippen LogP contribution in [-0.2, 0) is 15.1 Å². The van der Waals surface area contributed by atoms with Crippen LogP contribution in [0.1, 0.15) is 76.7 Å². The summed E-state index contributed by atoms with van der Waals surface area (Å²) in [6, 6.07) is 4.73. The van der Waals surface area contributed by atoms with Crippen LogP contribution in [0.3, 0.4) is 0 Å². The number of benzene rings is 1. The predicted molar refractivity (Wildman–Crippen MR) is 125 cm³/mol. The van der Waals surface area contributed by atoms with Crippen LogP contribution in [-0.4, -0.2) is 46.3 Å². The number of hydrogen-bond donors (Lipinski definition) is 1. The van der Waals surface area contributed by atoms with E-state index >= 15 is 0 Å². The van der Waals surface area contributed by atoms with Gasteiger partial charge in [0.15, 0.2) is 0 Å². The fourth-order valence-corrected chi connectivity index (χ4v) is 5.78. The van der Waals surface area contributed by atoms with E-state index < -0.39 is 17.5 Å². The van der Waals surface area contributed by atoms with Crippen molar-refractivity contribution in [2.45, 2.75) is 88.8 Å². The van der Waals surface area contributed by atoms with E-state index in [1.165, 1.54) is 12.8 Å². The molecule has 6 nitrogen and oxygen atoms in total. The Morgan fingerprint density at radius 2 is 1.56 bits per heavy atom. The van der Waals surface area contributed by atoms with Crippen LogP contribution in [0, 0.1) is 0 Å². The van der Waals surface area contributed by atoms with Crippen LogP contribution in [0.15, 0.2) is 18.2 Å². The van der Waals surface area contributed by atoms with Crippen molar-refractivity contribution in [2.24, 2.45) is 0 Å². The summed E-state index contributed by atoms with van der Waals surface area (Å²) in [4.78, 5) is 42.8. The number of hydrogen-bond acceptors (Lipinski definition) is 3. The van der Waals surface area contributed by atoms with Crippen molar-refractivity contribution < 1.29 is 14.4 Å². The summed E-state index contributed by atoms with van der Waals surface area (Å²) < 4.78 is 0. The fraction of sp³-hybridized carbons (Fsp3) is 0.625. The Balaban J connectivity index is 1.54. The van der Waals surface area contributed by atoms with Gasteiger partial charge in [0.2, 0.25) is 5.91 Å². The summed E-state index contributed by atoms with van der Waals surface area (Å²) in [6.45, 7) is 1.41. The molecule has 1 aromatic carbocycles. The molecule has 1 N–H and O–H groups in total. The van der Waals surface area contributed by atoms with Crippen molar-refractivity contribution in [3.8, 4) is 0 Å². The molecule has 1 aliphatic heterocycles. The highest BCUT2D eigenvalue weighted by molar-refractivity contribution is 6.42. The van der Waals surface area contributed by atoms with Crippen LogP contribution in [0.25, 0.3) is 0 Å². The second-order valence-electron chi connectivity index (χ2n) is 9.46. The van der Waals surface area contributed by atoms with E-state index in [0.717, 1.165) is 56.3 Å². The van der Waals surface area contributed by atoms with E-state index in [2.05, 4.69) is 5.32 Å². The molecule has 2 aliphatic carbocycles. The Kier molecular flexibility index (Phi) is 7.01. The Morgan fingerprint density at radius 1 is 1.00 bits per heavy atom. The standard InChI is InChI=1S/C24H31Cl2N3O3/c1-24(16-12-13-19(25)20(26)14-16)22(31)28(23(32)27-24)15-21(30)29(17-8-4-2-5-9-17)18-10-6-3-7-11-18/h12-14,17-18H,2-11,15H2,1H3,(H,27,32)/t24-/m1/s1. The summed E-state index contributed by atoms with van der Waals surface area (Å²) in [5, 5.41) is 3.44. The highest BCUT2D eigenvalue weighted by Gasteiger charge is 2.50. The summed E-state index contributed by atoms with van der Waals surface area (Å²) in [7, 11) is 0. The Labute approximate surface area is 199 Å². The molecule has 1 atom stereocenters. The van der Waals surface area contributed by atoms with Gasteiger partial charge in [-0.05, 0) is 50.3 Å². The monoisotopic (exact) mass is 479 g/mol. The van der Waals surface area contributed by atoms with E-state index in [1.807, 2.05) is 4.90 Å². The third-order valence-corrected chi connectivity index (χ3v) is 8.03. The van der Waals surface area contributed by atoms with E-state index in [0.29, 0.717) is 15.6 Å². The lowest BCUT2D eigenvalue weighted by molar-refractivity contribution is -0.143. The third kappa shape index (κ3) is 4.49. The Hall–Kier alpha value is -1.79. The first-order valence-corrected chi connectivity index (χ1v) is 12.5. The highest BCUT2D eigenvalue weighted by atomic mass is 35.5. The van der Waals surface area contributed by atoms with Gasteiger partial charge >= 0.3 is 6.03 Å². The molecular weight excluding hydrogens is 449 g/mol. The zero-order chi connectivity index (χ0) is 22.9.